The Morgan fingerprint density at radius 1 is 0.870 bits per heavy atom. The summed E-state index contributed by atoms with van der Waals surface area (Å²) in [5.41, 5.74) is 6.20. The average molecular weight is 665 g/mol. The van der Waals surface area contributed by atoms with Crippen LogP contribution >= 0.6 is 21.6 Å². The summed E-state index contributed by atoms with van der Waals surface area (Å²) in [6.45, 7) is 2.34. The first kappa shape index (κ1) is 31.7. The van der Waals surface area contributed by atoms with Gasteiger partial charge in [0, 0.05) is 40.2 Å². The molecule has 0 spiro atoms. The van der Waals surface area contributed by atoms with Crippen LogP contribution in [-0.4, -0.2) is 53.3 Å². The van der Waals surface area contributed by atoms with Crippen LogP contribution in [0.5, 0.6) is 34.5 Å². The van der Waals surface area contributed by atoms with Crippen LogP contribution in [0.4, 0.5) is 0 Å². The lowest BCUT2D eigenvalue weighted by Gasteiger charge is -2.41. The van der Waals surface area contributed by atoms with Gasteiger partial charge in [-0.05, 0) is 97.7 Å². The number of aromatic hydroxyl groups is 2. The molecule has 46 heavy (non-hydrogen) atoms. The summed E-state index contributed by atoms with van der Waals surface area (Å²) in [6, 6.07) is 11.2. The quantitative estimate of drug-likeness (QED) is 0.232. The minimum absolute atomic E-state index is 0.0291. The summed E-state index contributed by atoms with van der Waals surface area (Å²) in [4.78, 5) is 0. The molecule has 3 aromatic rings. The molecule has 0 saturated heterocycles. The zero-order chi connectivity index (χ0) is 31.9. The molecule has 2 aliphatic heterocycles. The van der Waals surface area contributed by atoms with Crippen molar-refractivity contribution in [2.24, 2.45) is 5.92 Å². The fraction of sp³-hybridized carbons (Fsp3) is 0.514. The summed E-state index contributed by atoms with van der Waals surface area (Å²) >= 11 is 0. The van der Waals surface area contributed by atoms with Crippen LogP contribution in [0.15, 0.2) is 36.4 Å². The minimum Gasteiger partial charge on any atom is -0.508 e. The molecule has 5 unspecified atom stereocenters. The number of phenolic OH excluding ortho intramolecular Hbond substituents is 2. The Hall–Kier alpha value is -2.88. The van der Waals surface area contributed by atoms with E-state index in [2.05, 4.69) is 6.92 Å². The number of rotatable bonds is 5. The summed E-state index contributed by atoms with van der Waals surface area (Å²) < 4.78 is 24.7. The first-order chi connectivity index (χ1) is 22.4. The van der Waals surface area contributed by atoms with Crippen molar-refractivity contribution in [1.29, 1.82) is 0 Å². The highest BCUT2D eigenvalue weighted by Gasteiger charge is 2.43. The van der Waals surface area contributed by atoms with E-state index >= 15 is 0 Å². The Labute approximate surface area is 279 Å². The van der Waals surface area contributed by atoms with Crippen molar-refractivity contribution in [2.75, 3.05) is 25.7 Å². The van der Waals surface area contributed by atoms with Gasteiger partial charge in [-0.1, -0.05) is 41.0 Å². The van der Waals surface area contributed by atoms with Crippen LogP contribution < -0.4 is 18.9 Å². The van der Waals surface area contributed by atoms with E-state index in [1.165, 1.54) is 12.7 Å². The Balaban J connectivity index is 1.36. The van der Waals surface area contributed by atoms with Crippen molar-refractivity contribution >= 4 is 21.6 Å². The molecule has 7 nitrogen and oxygen atoms in total. The van der Waals surface area contributed by atoms with Gasteiger partial charge in [0.15, 0.2) is 17.6 Å². The third-order valence-electron chi connectivity index (χ3n) is 10.4. The maximum absolute atomic E-state index is 12.3. The van der Waals surface area contributed by atoms with Crippen LogP contribution in [-0.2, 0) is 6.42 Å². The van der Waals surface area contributed by atoms with Gasteiger partial charge in [-0.15, -0.1) is 0 Å². The molecule has 0 aromatic heterocycles. The number of benzene rings is 3. The highest BCUT2D eigenvalue weighted by atomic mass is 33.1. The van der Waals surface area contributed by atoms with Crippen LogP contribution in [0.1, 0.15) is 92.1 Å². The average Bonchev–Trinajstić information content (AvgIpc) is 3.57. The van der Waals surface area contributed by atoms with Crippen molar-refractivity contribution in [3.8, 4) is 45.6 Å². The van der Waals surface area contributed by atoms with E-state index in [-0.39, 0.29) is 29.4 Å². The largest absolute Gasteiger partial charge is 0.508 e. The molecule has 3 aromatic carbocycles. The zero-order valence-corrected chi connectivity index (χ0v) is 28.4. The van der Waals surface area contributed by atoms with Gasteiger partial charge in [0.2, 0.25) is 5.75 Å². The zero-order valence-electron chi connectivity index (χ0n) is 26.8. The molecule has 7 rings (SSSR count). The van der Waals surface area contributed by atoms with Crippen molar-refractivity contribution in [3.05, 3.63) is 58.7 Å². The standard InChI is InChI=1S/C37H44O7S2/c1-20-8-9-21-14-27-33(25-11-10-23(38)17-26(21)25)29(41-2)18-30-34(27)28(19-46-45-13-12-20)35(39)37(44-30)22-15-31(42-3)36(40)32(16-22)43-24-6-4-5-7-24/h10-11,15-18,20-21,24,28,35,37-40H,4-9,12-14,19H2,1-3H3. The molecule has 5 atom stereocenters. The molecule has 4 aliphatic rings. The molecule has 2 aliphatic carbocycles. The fourth-order valence-corrected chi connectivity index (χ4v) is 10.5. The van der Waals surface area contributed by atoms with E-state index in [0.29, 0.717) is 23.0 Å². The molecule has 1 saturated carbocycles. The van der Waals surface area contributed by atoms with E-state index in [1.54, 1.807) is 19.2 Å². The van der Waals surface area contributed by atoms with Crippen molar-refractivity contribution in [2.45, 2.75) is 88.4 Å². The molecular formula is C37H44O7S2. The van der Waals surface area contributed by atoms with E-state index in [0.717, 1.165) is 96.6 Å². The Kier molecular flexibility index (Phi) is 9.18. The van der Waals surface area contributed by atoms with E-state index < -0.39 is 12.2 Å². The summed E-state index contributed by atoms with van der Waals surface area (Å²) in [7, 11) is 6.92. The number of ether oxygens (including phenoxy) is 4. The molecule has 0 radical (unpaired) electrons. The summed E-state index contributed by atoms with van der Waals surface area (Å²) in [5.74, 6) is 4.77. The second kappa shape index (κ2) is 13.3. The van der Waals surface area contributed by atoms with Gasteiger partial charge in [0.25, 0.3) is 0 Å². The molecule has 246 valence electrons. The van der Waals surface area contributed by atoms with Crippen molar-refractivity contribution in [3.63, 3.8) is 0 Å². The maximum atomic E-state index is 12.3. The summed E-state index contributed by atoms with van der Waals surface area (Å²) in [6.07, 6.45) is 6.68. The van der Waals surface area contributed by atoms with Gasteiger partial charge >= 0.3 is 0 Å². The van der Waals surface area contributed by atoms with Gasteiger partial charge in [-0.3, -0.25) is 0 Å². The first-order valence-electron chi connectivity index (χ1n) is 16.6. The number of hydrogen-bond donors (Lipinski definition) is 3. The van der Waals surface area contributed by atoms with Crippen LogP contribution in [0.3, 0.4) is 0 Å². The lowest BCUT2D eigenvalue weighted by atomic mass is 9.71. The Bertz CT molecular complexity index is 1590. The Morgan fingerprint density at radius 2 is 1.65 bits per heavy atom. The molecule has 1 fully saturated rings. The van der Waals surface area contributed by atoms with Crippen LogP contribution in [0.2, 0.25) is 0 Å². The van der Waals surface area contributed by atoms with Gasteiger partial charge < -0.3 is 34.3 Å². The number of hydrogen-bond acceptors (Lipinski definition) is 9. The van der Waals surface area contributed by atoms with Gasteiger partial charge in [-0.2, -0.15) is 0 Å². The number of fused-ring (bicyclic) bond motifs is 4. The third-order valence-corrected chi connectivity index (χ3v) is 12.9. The van der Waals surface area contributed by atoms with Crippen molar-refractivity contribution < 1.29 is 34.3 Å². The third kappa shape index (κ3) is 5.88. The summed E-state index contributed by atoms with van der Waals surface area (Å²) in [5, 5.41) is 33.8. The van der Waals surface area contributed by atoms with E-state index in [4.69, 9.17) is 18.9 Å². The van der Waals surface area contributed by atoms with Crippen LogP contribution in [0, 0.1) is 5.92 Å². The molecule has 2 bridgehead atoms. The second-order valence-electron chi connectivity index (χ2n) is 13.3. The topological polar surface area (TPSA) is 97.6 Å². The highest BCUT2D eigenvalue weighted by molar-refractivity contribution is 8.76. The number of aliphatic hydroxyl groups excluding tert-OH is 1. The lowest BCUT2D eigenvalue weighted by Crippen LogP contribution is -2.37. The van der Waals surface area contributed by atoms with Gasteiger partial charge in [0.05, 0.1) is 20.3 Å². The predicted molar refractivity (Wildman–Crippen MR) is 184 cm³/mol. The van der Waals surface area contributed by atoms with Crippen LogP contribution in [0.25, 0.3) is 11.1 Å². The number of phenols is 2. The molecule has 3 N–H and O–H groups in total. The fourth-order valence-electron chi connectivity index (χ4n) is 7.90. The molecular weight excluding hydrogens is 621 g/mol. The molecule has 9 heteroatoms. The minimum atomic E-state index is -0.851. The van der Waals surface area contributed by atoms with Gasteiger partial charge in [-0.25, -0.2) is 0 Å². The van der Waals surface area contributed by atoms with E-state index in [1.807, 2.05) is 45.9 Å². The Morgan fingerprint density at radius 3 is 2.43 bits per heavy atom. The molecule has 0 amide bonds. The molecule has 2 heterocycles. The predicted octanol–water partition coefficient (Wildman–Crippen LogP) is 8.52. The number of methoxy groups -OCH3 is 2. The smallest absolute Gasteiger partial charge is 0.200 e. The normalized spacial score (nSPS) is 26.1. The lowest BCUT2D eigenvalue weighted by molar-refractivity contribution is 0.00413. The van der Waals surface area contributed by atoms with Gasteiger partial charge in [0.1, 0.15) is 23.4 Å². The second-order valence-corrected chi connectivity index (χ2v) is 16.0. The monoisotopic (exact) mass is 664 g/mol. The highest BCUT2D eigenvalue weighted by Crippen LogP contribution is 2.56. The SMILES string of the molecule is COc1cc(C2Oc3cc(OC)c4c5c3C(CSSCCC(C)CCC(C5)c3cc(O)ccc3-4)C2O)cc(OC2CCCC2)c1O. The number of aliphatic hydroxyl groups is 1. The first-order valence-corrected chi connectivity index (χ1v) is 19.1. The van der Waals surface area contributed by atoms with Crippen molar-refractivity contribution in [1.82, 2.24) is 0 Å². The van der Waals surface area contributed by atoms with E-state index in [9.17, 15) is 15.3 Å². The maximum Gasteiger partial charge on any atom is 0.200 e.